The molecular formula is C11H14BrN3O4. The number of hydrogen-bond acceptors (Lipinski definition) is 6. The zero-order valence-electron chi connectivity index (χ0n) is 10.4. The lowest BCUT2D eigenvalue weighted by Gasteiger charge is -2.08. The van der Waals surface area contributed by atoms with Crippen LogP contribution in [-0.4, -0.2) is 29.0 Å². The first-order valence-corrected chi connectivity index (χ1v) is 6.53. The van der Waals surface area contributed by atoms with Crippen molar-refractivity contribution in [3.63, 3.8) is 0 Å². The van der Waals surface area contributed by atoms with Crippen LogP contribution in [0.5, 0.6) is 0 Å². The Balaban J connectivity index is 2.54. The molecule has 0 aliphatic rings. The second kappa shape index (κ2) is 7.67. The number of aromatic nitrogens is 1. The standard InChI is InChI=1S/C11H14BrN3O4/c1-2-19-10(16)4-3-5-14-11-8(12)6-13-7-9(11)15(17)18/h6-7H,2-5H2,1H3,(H,13,14). The van der Waals surface area contributed by atoms with Crippen LogP contribution in [0.3, 0.4) is 0 Å². The number of carbonyl (C=O) groups is 1. The van der Waals surface area contributed by atoms with E-state index < -0.39 is 4.92 Å². The molecule has 1 aromatic heterocycles. The maximum Gasteiger partial charge on any atom is 0.311 e. The number of esters is 1. The molecule has 0 saturated carbocycles. The number of nitrogens with one attached hydrogen (secondary N) is 1. The van der Waals surface area contributed by atoms with Crippen LogP contribution in [0.4, 0.5) is 11.4 Å². The number of hydrogen-bond donors (Lipinski definition) is 1. The molecule has 0 saturated heterocycles. The molecule has 0 bridgehead atoms. The van der Waals surface area contributed by atoms with Crippen molar-refractivity contribution in [2.75, 3.05) is 18.5 Å². The van der Waals surface area contributed by atoms with Gasteiger partial charge in [0.15, 0.2) is 0 Å². The lowest BCUT2D eigenvalue weighted by Crippen LogP contribution is -2.09. The first-order chi connectivity index (χ1) is 9.06. The van der Waals surface area contributed by atoms with Crippen molar-refractivity contribution in [2.45, 2.75) is 19.8 Å². The summed E-state index contributed by atoms with van der Waals surface area (Å²) in [6, 6.07) is 0. The predicted molar refractivity (Wildman–Crippen MR) is 72.9 cm³/mol. The van der Waals surface area contributed by atoms with Crippen molar-refractivity contribution in [3.8, 4) is 0 Å². The molecule has 1 heterocycles. The highest BCUT2D eigenvalue weighted by Gasteiger charge is 2.16. The fourth-order valence-electron chi connectivity index (χ4n) is 1.42. The van der Waals surface area contributed by atoms with Gasteiger partial charge in [-0.05, 0) is 29.3 Å². The van der Waals surface area contributed by atoms with Gasteiger partial charge in [-0.25, -0.2) is 0 Å². The average molecular weight is 332 g/mol. The molecule has 7 nitrogen and oxygen atoms in total. The third-order valence-electron chi connectivity index (χ3n) is 2.24. The fourth-order valence-corrected chi connectivity index (χ4v) is 1.88. The van der Waals surface area contributed by atoms with Crippen molar-refractivity contribution >= 4 is 33.3 Å². The second-order valence-corrected chi connectivity index (χ2v) is 4.46. The Morgan fingerprint density at radius 2 is 2.32 bits per heavy atom. The maximum atomic E-state index is 11.1. The predicted octanol–water partition coefficient (Wildman–Crippen LogP) is 2.51. The lowest BCUT2D eigenvalue weighted by atomic mass is 10.3. The Labute approximate surface area is 118 Å². The van der Waals surface area contributed by atoms with E-state index >= 15 is 0 Å². The maximum absolute atomic E-state index is 11.1. The van der Waals surface area contributed by atoms with Gasteiger partial charge in [0.2, 0.25) is 0 Å². The van der Waals surface area contributed by atoms with Crippen LogP contribution in [0.15, 0.2) is 16.9 Å². The number of carbonyl (C=O) groups excluding carboxylic acids is 1. The second-order valence-electron chi connectivity index (χ2n) is 3.61. The number of nitro groups is 1. The Kier molecular flexibility index (Phi) is 6.20. The van der Waals surface area contributed by atoms with Gasteiger partial charge in [-0.1, -0.05) is 0 Å². The number of ether oxygens (including phenoxy) is 1. The van der Waals surface area contributed by atoms with Gasteiger partial charge in [-0.15, -0.1) is 0 Å². The molecular weight excluding hydrogens is 318 g/mol. The van der Waals surface area contributed by atoms with E-state index in [0.29, 0.717) is 29.7 Å². The topological polar surface area (TPSA) is 94.4 Å². The average Bonchev–Trinajstić information content (AvgIpc) is 2.36. The molecule has 19 heavy (non-hydrogen) atoms. The minimum Gasteiger partial charge on any atom is -0.466 e. The highest BCUT2D eigenvalue weighted by atomic mass is 79.9. The molecule has 0 spiro atoms. The Morgan fingerprint density at radius 1 is 1.58 bits per heavy atom. The highest BCUT2D eigenvalue weighted by Crippen LogP contribution is 2.30. The van der Waals surface area contributed by atoms with Gasteiger partial charge in [0.05, 0.1) is 16.0 Å². The summed E-state index contributed by atoms with van der Waals surface area (Å²) in [4.78, 5) is 25.2. The van der Waals surface area contributed by atoms with Gasteiger partial charge in [0.25, 0.3) is 0 Å². The third-order valence-corrected chi connectivity index (χ3v) is 2.84. The van der Waals surface area contributed by atoms with Crippen LogP contribution in [0, 0.1) is 10.1 Å². The summed E-state index contributed by atoms with van der Waals surface area (Å²) in [7, 11) is 0. The summed E-state index contributed by atoms with van der Waals surface area (Å²) in [6.45, 7) is 2.53. The zero-order chi connectivity index (χ0) is 14.3. The van der Waals surface area contributed by atoms with Crippen molar-refractivity contribution < 1.29 is 14.5 Å². The van der Waals surface area contributed by atoms with Crippen molar-refractivity contribution in [2.24, 2.45) is 0 Å². The summed E-state index contributed by atoms with van der Waals surface area (Å²) >= 11 is 3.20. The number of nitrogens with zero attached hydrogens (tertiary/aromatic N) is 2. The van der Waals surface area contributed by atoms with Crippen molar-refractivity contribution in [1.82, 2.24) is 4.98 Å². The summed E-state index contributed by atoms with van der Waals surface area (Å²) in [6.07, 6.45) is 3.46. The van der Waals surface area contributed by atoms with E-state index in [4.69, 9.17) is 4.74 Å². The number of anilines is 1. The first-order valence-electron chi connectivity index (χ1n) is 5.73. The van der Waals surface area contributed by atoms with Crippen molar-refractivity contribution in [1.29, 1.82) is 0 Å². The Bertz CT molecular complexity index is 467. The van der Waals surface area contributed by atoms with E-state index in [-0.39, 0.29) is 18.1 Å². The van der Waals surface area contributed by atoms with Crippen LogP contribution >= 0.6 is 15.9 Å². The number of rotatable bonds is 7. The molecule has 0 aliphatic carbocycles. The SMILES string of the molecule is CCOC(=O)CCCNc1c(Br)cncc1[N+](=O)[O-]. The van der Waals surface area contributed by atoms with Gasteiger partial charge >= 0.3 is 11.7 Å². The molecule has 0 aromatic carbocycles. The quantitative estimate of drug-likeness (QED) is 0.357. The Hall–Kier alpha value is -1.70. The van der Waals surface area contributed by atoms with E-state index in [0.717, 1.165) is 0 Å². The van der Waals surface area contributed by atoms with E-state index in [1.807, 2.05) is 0 Å². The molecule has 1 N–H and O–H groups in total. The molecule has 0 fully saturated rings. The summed E-state index contributed by atoms with van der Waals surface area (Å²) < 4.78 is 5.30. The zero-order valence-corrected chi connectivity index (χ0v) is 12.0. The van der Waals surface area contributed by atoms with Gasteiger partial charge in [0.1, 0.15) is 11.9 Å². The van der Waals surface area contributed by atoms with Gasteiger partial charge in [-0.2, -0.15) is 0 Å². The van der Waals surface area contributed by atoms with E-state index in [1.165, 1.54) is 12.4 Å². The summed E-state index contributed by atoms with van der Waals surface area (Å²) in [5.41, 5.74) is 0.259. The molecule has 0 amide bonds. The highest BCUT2D eigenvalue weighted by molar-refractivity contribution is 9.10. The van der Waals surface area contributed by atoms with Crippen LogP contribution in [0.1, 0.15) is 19.8 Å². The van der Waals surface area contributed by atoms with Gasteiger partial charge < -0.3 is 10.1 Å². The fraction of sp³-hybridized carbons (Fsp3) is 0.455. The summed E-state index contributed by atoms with van der Waals surface area (Å²) in [5.74, 6) is -0.271. The van der Waals surface area contributed by atoms with Crippen LogP contribution in [0.2, 0.25) is 0 Å². The minimum atomic E-state index is -0.508. The molecule has 0 radical (unpaired) electrons. The van der Waals surface area contributed by atoms with E-state index in [2.05, 4.69) is 26.2 Å². The monoisotopic (exact) mass is 331 g/mol. The van der Waals surface area contributed by atoms with Crippen LogP contribution in [-0.2, 0) is 9.53 Å². The molecule has 0 aliphatic heterocycles. The molecule has 8 heteroatoms. The summed E-state index contributed by atoms with van der Waals surface area (Å²) in [5, 5.41) is 13.8. The van der Waals surface area contributed by atoms with Gasteiger partial charge in [0, 0.05) is 19.2 Å². The van der Waals surface area contributed by atoms with E-state index in [1.54, 1.807) is 6.92 Å². The molecule has 0 atom stereocenters. The van der Waals surface area contributed by atoms with E-state index in [9.17, 15) is 14.9 Å². The number of pyridine rings is 1. The lowest BCUT2D eigenvalue weighted by molar-refractivity contribution is -0.384. The first kappa shape index (κ1) is 15.4. The smallest absolute Gasteiger partial charge is 0.311 e. The van der Waals surface area contributed by atoms with Crippen molar-refractivity contribution in [3.05, 3.63) is 27.0 Å². The normalized spacial score (nSPS) is 10.0. The largest absolute Gasteiger partial charge is 0.466 e. The van der Waals surface area contributed by atoms with Crippen LogP contribution in [0.25, 0.3) is 0 Å². The Morgan fingerprint density at radius 3 is 2.95 bits per heavy atom. The van der Waals surface area contributed by atoms with Gasteiger partial charge in [-0.3, -0.25) is 19.9 Å². The molecule has 104 valence electrons. The third kappa shape index (κ3) is 4.82. The molecule has 0 unspecified atom stereocenters. The number of halogens is 1. The molecule has 1 aromatic rings. The minimum absolute atomic E-state index is 0.106. The molecule has 1 rings (SSSR count). The van der Waals surface area contributed by atoms with Crippen LogP contribution < -0.4 is 5.32 Å².